The number of fused-ring (bicyclic) bond motifs is 2. The molecule has 4 nitrogen and oxygen atoms in total. The summed E-state index contributed by atoms with van der Waals surface area (Å²) in [5.74, 6) is 0. The molecule has 104 valence electrons. The number of aromatic nitrogens is 2. The van der Waals surface area contributed by atoms with Crippen LogP contribution in [0, 0.1) is 0 Å². The zero-order valence-corrected chi connectivity index (χ0v) is 11.6. The van der Waals surface area contributed by atoms with Crippen molar-refractivity contribution in [3.8, 4) is 0 Å². The molecule has 0 aliphatic carbocycles. The van der Waals surface area contributed by atoms with Crippen LogP contribution in [0.25, 0.3) is 0 Å². The molecule has 4 rings (SSSR count). The van der Waals surface area contributed by atoms with Gasteiger partial charge in [-0.1, -0.05) is 6.07 Å². The SMILES string of the molecule is c1cc2c(cn1)NCCC2.c1cnc2c(c1)CNCC2. The monoisotopic (exact) mass is 268 g/mol. The molecular formula is C16H20N4. The molecule has 2 aromatic rings. The van der Waals surface area contributed by atoms with Gasteiger partial charge in [-0.25, -0.2) is 0 Å². The maximum Gasteiger partial charge on any atom is 0.0559 e. The molecule has 2 N–H and O–H groups in total. The Morgan fingerprint density at radius 2 is 2.00 bits per heavy atom. The van der Waals surface area contributed by atoms with Gasteiger partial charge in [0.2, 0.25) is 0 Å². The minimum Gasteiger partial charge on any atom is -0.384 e. The Bertz CT molecular complexity index is 466. The molecule has 4 heteroatoms. The van der Waals surface area contributed by atoms with Crippen LogP contribution in [0.4, 0.5) is 5.69 Å². The zero-order valence-electron chi connectivity index (χ0n) is 11.6. The molecule has 2 aliphatic rings. The fourth-order valence-electron chi connectivity index (χ4n) is 2.59. The van der Waals surface area contributed by atoms with Gasteiger partial charge in [0.25, 0.3) is 0 Å². The predicted octanol–water partition coefficient (Wildman–Crippen LogP) is 2.17. The van der Waals surface area contributed by atoms with Gasteiger partial charge in [0.05, 0.1) is 11.9 Å². The van der Waals surface area contributed by atoms with Gasteiger partial charge in [-0.2, -0.15) is 0 Å². The second-order valence-corrected chi connectivity index (χ2v) is 5.10. The van der Waals surface area contributed by atoms with Gasteiger partial charge in [0, 0.05) is 44.1 Å². The van der Waals surface area contributed by atoms with E-state index in [2.05, 4.69) is 32.7 Å². The first-order valence-electron chi connectivity index (χ1n) is 7.24. The molecule has 0 bridgehead atoms. The minimum atomic E-state index is 0.989. The van der Waals surface area contributed by atoms with Gasteiger partial charge in [-0.05, 0) is 36.1 Å². The highest BCUT2D eigenvalue weighted by Crippen LogP contribution is 2.18. The molecule has 2 aromatic heterocycles. The Labute approximate surface area is 119 Å². The second kappa shape index (κ2) is 6.48. The highest BCUT2D eigenvalue weighted by Gasteiger charge is 2.07. The summed E-state index contributed by atoms with van der Waals surface area (Å²) >= 11 is 0. The van der Waals surface area contributed by atoms with Gasteiger partial charge < -0.3 is 10.6 Å². The molecule has 0 atom stereocenters. The van der Waals surface area contributed by atoms with Crippen molar-refractivity contribution in [2.75, 3.05) is 18.4 Å². The van der Waals surface area contributed by atoms with Gasteiger partial charge in [-0.3, -0.25) is 9.97 Å². The first-order valence-corrected chi connectivity index (χ1v) is 7.24. The largest absolute Gasteiger partial charge is 0.384 e. The highest BCUT2D eigenvalue weighted by atomic mass is 14.9. The topological polar surface area (TPSA) is 49.8 Å². The number of nitrogens with zero attached hydrogens (tertiary/aromatic N) is 2. The first-order chi connectivity index (χ1) is 9.93. The summed E-state index contributed by atoms with van der Waals surface area (Å²) in [7, 11) is 0. The molecule has 0 radical (unpaired) electrons. The number of anilines is 1. The van der Waals surface area contributed by atoms with E-state index in [1.807, 2.05) is 24.7 Å². The first kappa shape index (κ1) is 13.1. The molecule has 20 heavy (non-hydrogen) atoms. The van der Waals surface area contributed by atoms with E-state index in [0.717, 1.165) is 26.1 Å². The number of hydrogen-bond acceptors (Lipinski definition) is 4. The van der Waals surface area contributed by atoms with E-state index < -0.39 is 0 Å². The third-order valence-corrected chi connectivity index (χ3v) is 3.69. The van der Waals surface area contributed by atoms with Crippen molar-refractivity contribution in [2.45, 2.75) is 25.8 Å². The van der Waals surface area contributed by atoms with Crippen LogP contribution in [-0.4, -0.2) is 23.1 Å². The fourth-order valence-corrected chi connectivity index (χ4v) is 2.59. The summed E-state index contributed by atoms with van der Waals surface area (Å²) in [4.78, 5) is 8.31. The van der Waals surface area contributed by atoms with Gasteiger partial charge in [0.15, 0.2) is 0 Å². The van der Waals surface area contributed by atoms with Gasteiger partial charge >= 0.3 is 0 Å². The lowest BCUT2D eigenvalue weighted by Crippen LogP contribution is -2.24. The third kappa shape index (κ3) is 3.14. The van der Waals surface area contributed by atoms with Crippen LogP contribution < -0.4 is 10.6 Å². The van der Waals surface area contributed by atoms with E-state index in [4.69, 9.17) is 0 Å². The summed E-state index contributed by atoms with van der Waals surface area (Å²) in [5.41, 5.74) is 5.24. The Balaban J connectivity index is 0.000000121. The third-order valence-electron chi connectivity index (χ3n) is 3.69. The maximum absolute atomic E-state index is 4.28. The van der Waals surface area contributed by atoms with E-state index in [9.17, 15) is 0 Å². The summed E-state index contributed by atoms with van der Waals surface area (Å²) in [6.45, 7) is 3.16. The lowest BCUT2D eigenvalue weighted by molar-refractivity contribution is 0.630. The van der Waals surface area contributed by atoms with Crippen molar-refractivity contribution in [1.82, 2.24) is 15.3 Å². The van der Waals surface area contributed by atoms with E-state index >= 15 is 0 Å². The van der Waals surface area contributed by atoms with Gasteiger partial charge in [-0.15, -0.1) is 0 Å². The van der Waals surface area contributed by atoms with Crippen LogP contribution in [-0.2, 0) is 19.4 Å². The predicted molar refractivity (Wildman–Crippen MR) is 80.7 cm³/mol. The molecule has 2 aliphatic heterocycles. The Kier molecular flexibility index (Phi) is 4.23. The average Bonchev–Trinajstić information content (AvgIpc) is 2.56. The zero-order chi connectivity index (χ0) is 13.6. The molecule has 0 fully saturated rings. The average molecular weight is 268 g/mol. The summed E-state index contributed by atoms with van der Waals surface area (Å²) < 4.78 is 0. The quantitative estimate of drug-likeness (QED) is 0.769. The summed E-state index contributed by atoms with van der Waals surface area (Å²) in [5, 5.41) is 6.60. The lowest BCUT2D eigenvalue weighted by Gasteiger charge is -2.15. The van der Waals surface area contributed by atoms with Crippen LogP contribution in [0.3, 0.4) is 0 Å². The molecule has 0 unspecified atom stereocenters. The van der Waals surface area contributed by atoms with Gasteiger partial charge in [0.1, 0.15) is 0 Å². The minimum absolute atomic E-state index is 0.989. The maximum atomic E-state index is 4.28. The number of rotatable bonds is 0. The molecule has 0 spiro atoms. The summed E-state index contributed by atoms with van der Waals surface area (Å²) in [6.07, 6.45) is 9.14. The number of pyridine rings is 2. The van der Waals surface area contributed by atoms with Crippen molar-refractivity contribution in [1.29, 1.82) is 0 Å². The number of aryl methyl sites for hydroxylation is 1. The molecule has 0 aromatic carbocycles. The van der Waals surface area contributed by atoms with Crippen LogP contribution in [0.2, 0.25) is 0 Å². The van der Waals surface area contributed by atoms with E-state index in [1.54, 1.807) is 0 Å². The smallest absolute Gasteiger partial charge is 0.0559 e. The molecule has 4 heterocycles. The van der Waals surface area contributed by atoms with E-state index in [1.165, 1.54) is 35.3 Å². The Morgan fingerprint density at radius 1 is 1.00 bits per heavy atom. The molecule has 0 amide bonds. The molecule has 0 saturated carbocycles. The molecule has 0 saturated heterocycles. The molecular weight excluding hydrogens is 248 g/mol. The van der Waals surface area contributed by atoms with Crippen LogP contribution >= 0.6 is 0 Å². The second-order valence-electron chi connectivity index (χ2n) is 5.10. The Morgan fingerprint density at radius 3 is 2.90 bits per heavy atom. The van der Waals surface area contributed by atoms with Crippen molar-refractivity contribution in [3.05, 3.63) is 53.6 Å². The number of nitrogens with one attached hydrogen (secondary N) is 2. The normalized spacial score (nSPS) is 16.0. The van der Waals surface area contributed by atoms with Crippen LogP contribution in [0.5, 0.6) is 0 Å². The summed E-state index contributed by atoms with van der Waals surface area (Å²) in [6, 6.07) is 6.21. The van der Waals surface area contributed by atoms with Crippen molar-refractivity contribution in [3.63, 3.8) is 0 Å². The van der Waals surface area contributed by atoms with E-state index in [0.29, 0.717) is 0 Å². The lowest BCUT2D eigenvalue weighted by atomic mass is 10.1. The van der Waals surface area contributed by atoms with E-state index in [-0.39, 0.29) is 0 Å². The number of hydrogen-bond donors (Lipinski definition) is 2. The fraction of sp³-hybridized carbons (Fsp3) is 0.375. The van der Waals surface area contributed by atoms with Crippen LogP contribution in [0.1, 0.15) is 23.2 Å². The van der Waals surface area contributed by atoms with Crippen molar-refractivity contribution in [2.24, 2.45) is 0 Å². The highest BCUT2D eigenvalue weighted by molar-refractivity contribution is 5.50. The standard InChI is InChI=1S/2C8H10N2/c1-2-7-6-9-5-3-8(7)10-4-1;1-2-7-3-5-9-6-8(7)10-4-1/h1-2,4,9H,3,5-6H2;3,5-6,10H,1-2,4H2. The van der Waals surface area contributed by atoms with Crippen molar-refractivity contribution >= 4 is 5.69 Å². The van der Waals surface area contributed by atoms with Crippen molar-refractivity contribution < 1.29 is 0 Å². The van der Waals surface area contributed by atoms with Crippen LogP contribution in [0.15, 0.2) is 36.8 Å². The Hall–Kier alpha value is -1.94.